The van der Waals surface area contributed by atoms with Crippen molar-refractivity contribution in [1.29, 1.82) is 0 Å². The van der Waals surface area contributed by atoms with Gasteiger partial charge in [-0.2, -0.15) is 0 Å². The molecule has 1 atom stereocenters. The molecule has 0 heterocycles. The third kappa shape index (κ3) is 2.00. The van der Waals surface area contributed by atoms with Gasteiger partial charge in [-0.25, -0.2) is 4.79 Å². The van der Waals surface area contributed by atoms with Gasteiger partial charge in [0.05, 0.1) is 0 Å². The van der Waals surface area contributed by atoms with Crippen LogP contribution in [0, 0.1) is 0 Å². The summed E-state index contributed by atoms with van der Waals surface area (Å²) >= 11 is 0. The predicted molar refractivity (Wildman–Crippen MR) is 65.3 cm³/mol. The second kappa shape index (κ2) is 4.04. The number of hydrogen-bond donors (Lipinski definition) is 2. The molecule has 0 saturated heterocycles. The van der Waals surface area contributed by atoms with Crippen LogP contribution in [0.1, 0.15) is 18.4 Å². The maximum atomic E-state index is 10.9. The highest BCUT2D eigenvalue weighted by atomic mass is 16.4. The fraction of sp³-hybridized carbons (Fsp3) is 0.462. The van der Waals surface area contributed by atoms with Crippen molar-refractivity contribution in [2.45, 2.75) is 24.4 Å². The van der Waals surface area contributed by atoms with Gasteiger partial charge >= 0.3 is 5.97 Å². The summed E-state index contributed by atoms with van der Waals surface area (Å²) in [6, 6.07) is 7.72. The van der Waals surface area contributed by atoms with Crippen LogP contribution < -0.4 is 4.90 Å². The molecule has 92 valence electrons. The zero-order chi connectivity index (χ0) is 12.6. The number of anilines is 1. The Kier molecular flexibility index (Phi) is 2.83. The van der Waals surface area contributed by atoms with E-state index in [-0.39, 0.29) is 0 Å². The standard InChI is InChI=1S/C13H17NO3/c1-14(2)10-5-3-9(4-6-10)13(7-8-13)11(15)12(16)17/h3-6,11,15H,7-8H2,1-2H3,(H,16,17). The van der Waals surface area contributed by atoms with Crippen LogP contribution >= 0.6 is 0 Å². The van der Waals surface area contributed by atoms with E-state index in [0.717, 1.165) is 24.1 Å². The summed E-state index contributed by atoms with van der Waals surface area (Å²) in [5.41, 5.74) is 1.42. The van der Waals surface area contributed by atoms with E-state index in [1.54, 1.807) is 0 Å². The van der Waals surface area contributed by atoms with Crippen molar-refractivity contribution in [1.82, 2.24) is 0 Å². The molecule has 2 rings (SSSR count). The second-order valence-electron chi connectivity index (χ2n) is 4.84. The van der Waals surface area contributed by atoms with Crippen LogP contribution in [0.25, 0.3) is 0 Å². The van der Waals surface area contributed by atoms with E-state index in [1.807, 2.05) is 43.3 Å². The van der Waals surface area contributed by atoms with Crippen molar-refractivity contribution in [2.75, 3.05) is 19.0 Å². The normalized spacial score (nSPS) is 18.5. The molecule has 4 heteroatoms. The van der Waals surface area contributed by atoms with Gasteiger partial charge in [-0.3, -0.25) is 0 Å². The third-order valence-corrected chi connectivity index (χ3v) is 3.50. The minimum absolute atomic E-state index is 0.559. The molecule has 1 unspecified atom stereocenters. The fourth-order valence-electron chi connectivity index (χ4n) is 2.18. The van der Waals surface area contributed by atoms with E-state index in [4.69, 9.17) is 5.11 Å². The van der Waals surface area contributed by atoms with Crippen molar-refractivity contribution in [3.63, 3.8) is 0 Å². The molecule has 1 saturated carbocycles. The predicted octanol–water partition coefficient (Wildman–Crippen LogP) is 1.23. The Labute approximate surface area is 100 Å². The minimum atomic E-state index is -1.30. The van der Waals surface area contributed by atoms with E-state index in [0.29, 0.717) is 0 Å². The summed E-state index contributed by atoms with van der Waals surface area (Å²) in [7, 11) is 3.90. The molecule has 2 N–H and O–H groups in total. The van der Waals surface area contributed by atoms with Gasteiger partial charge in [-0.05, 0) is 30.5 Å². The number of carbonyl (C=O) groups is 1. The lowest BCUT2D eigenvalue weighted by atomic mass is 9.90. The van der Waals surface area contributed by atoms with E-state index >= 15 is 0 Å². The highest BCUT2D eigenvalue weighted by Gasteiger charge is 2.53. The molecular weight excluding hydrogens is 218 g/mol. The monoisotopic (exact) mass is 235 g/mol. The number of hydrogen-bond acceptors (Lipinski definition) is 3. The zero-order valence-electron chi connectivity index (χ0n) is 10.1. The summed E-state index contributed by atoms with van der Waals surface area (Å²) in [4.78, 5) is 12.9. The largest absolute Gasteiger partial charge is 0.479 e. The smallest absolute Gasteiger partial charge is 0.333 e. The Bertz CT molecular complexity index is 421. The first-order valence-electron chi connectivity index (χ1n) is 5.66. The number of aliphatic carboxylic acids is 1. The third-order valence-electron chi connectivity index (χ3n) is 3.50. The first-order chi connectivity index (χ1) is 7.97. The highest BCUT2D eigenvalue weighted by Crippen LogP contribution is 2.51. The molecule has 1 aliphatic rings. The Balaban J connectivity index is 2.26. The van der Waals surface area contributed by atoms with E-state index in [9.17, 15) is 9.90 Å². The van der Waals surface area contributed by atoms with Gasteiger partial charge in [0.2, 0.25) is 0 Å². The first-order valence-corrected chi connectivity index (χ1v) is 5.66. The van der Waals surface area contributed by atoms with Crippen LogP contribution in [0.4, 0.5) is 5.69 Å². The van der Waals surface area contributed by atoms with Gasteiger partial charge in [-0.15, -0.1) is 0 Å². The Hall–Kier alpha value is -1.55. The SMILES string of the molecule is CN(C)c1ccc(C2(C(O)C(=O)O)CC2)cc1. The molecule has 0 bridgehead atoms. The molecule has 1 aromatic rings. The molecule has 1 fully saturated rings. The second-order valence-corrected chi connectivity index (χ2v) is 4.84. The van der Waals surface area contributed by atoms with Gasteiger partial charge in [0, 0.05) is 25.2 Å². The van der Waals surface area contributed by atoms with Gasteiger partial charge in [0.15, 0.2) is 6.10 Å². The maximum Gasteiger partial charge on any atom is 0.333 e. The van der Waals surface area contributed by atoms with Crippen LogP contribution in [-0.4, -0.2) is 36.4 Å². The number of aliphatic hydroxyl groups excluding tert-OH is 1. The van der Waals surface area contributed by atoms with Crippen LogP contribution in [0.15, 0.2) is 24.3 Å². The average Bonchev–Trinajstić information content (AvgIpc) is 3.09. The van der Waals surface area contributed by atoms with E-state index in [1.165, 1.54) is 0 Å². The minimum Gasteiger partial charge on any atom is -0.479 e. The highest BCUT2D eigenvalue weighted by molar-refractivity contribution is 5.75. The molecular formula is C13H17NO3. The average molecular weight is 235 g/mol. The topological polar surface area (TPSA) is 60.8 Å². The number of aliphatic hydroxyl groups is 1. The Morgan fingerprint density at radius 1 is 1.29 bits per heavy atom. The van der Waals surface area contributed by atoms with Gasteiger partial charge in [0.25, 0.3) is 0 Å². The van der Waals surface area contributed by atoms with Crippen molar-refractivity contribution in [2.24, 2.45) is 0 Å². The van der Waals surface area contributed by atoms with Crippen LogP contribution in [0.2, 0.25) is 0 Å². The van der Waals surface area contributed by atoms with Gasteiger partial charge in [0.1, 0.15) is 0 Å². The van der Waals surface area contributed by atoms with E-state index < -0.39 is 17.5 Å². The van der Waals surface area contributed by atoms with Crippen molar-refractivity contribution in [3.05, 3.63) is 29.8 Å². The molecule has 0 amide bonds. The zero-order valence-corrected chi connectivity index (χ0v) is 10.1. The lowest BCUT2D eigenvalue weighted by Crippen LogP contribution is -2.33. The summed E-state index contributed by atoms with van der Waals surface area (Å²) in [5, 5.41) is 18.6. The number of nitrogens with zero attached hydrogens (tertiary/aromatic N) is 1. The molecule has 17 heavy (non-hydrogen) atoms. The summed E-state index contributed by atoms with van der Waals surface area (Å²) in [6.45, 7) is 0. The van der Waals surface area contributed by atoms with Crippen LogP contribution in [0.5, 0.6) is 0 Å². The van der Waals surface area contributed by atoms with Gasteiger partial charge in [-0.1, -0.05) is 12.1 Å². The molecule has 1 aliphatic carbocycles. The van der Waals surface area contributed by atoms with Gasteiger partial charge < -0.3 is 15.1 Å². The fourth-order valence-corrected chi connectivity index (χ4v) is 2.18. The Morgan fingerprint density at radius 3 is 2.18 bits per heavy atom. The van der Waals surface area contributed by atoms with E-state index in [2.05, 4.69) is 0 Å². The number of carboxylic acid groups (broad SMARTS) is 1. The van der Waals surface area contributed by atoms with Crippen molar-refractivity contribution >= 4 is 11.7 Å². The molecule has 0 aliphatic heterocycles. The summed E-state index contributed by atoms with van der Waals surface area (Å²) in [5.74, 6) is -1.14. The molecule has 0 aromatic heterocycles. The van der Waals surface area contributed by atoms with Crippen molar-refractivity contribution < 1.29 is 15.0 Å². The molecule has 0 radical (unpaired) electrons. The van der Waals surface area contributed by atoms with Crippen LogP contribution in [0.3, 0.4) is 0 Å². The molecule has 1 aromatic carbocycles. The number of carboxylic acids is 1. The maximum absolute atomic E-state index is 10.9. The Morgan fingerprint density at radius 2 is 1.82 bits per heavy atom. The first kappa shape index (κ1) is 11.9. The quantitative estimate of drug-likeness (QED) is 0.824. The molecule has 4 nitrogen and oxygen atoms in total. The van der Waals surface area contributed by atoms with Crippen molar-refractivity contribution in [3.8, 4) is 0 Å². The number of benzene rings is 1. The lowest BCUT2D eigenvalue weighted by molar-refractivity contribution is -0.148. The number of rotatable bonds is 4. The lowest BCUT2D eigenvalue weighted by Gasteiger charge is -2.20. The van der Waals surface area contributed by atoms with Crippen LogP contribution in [-0.2, 0) is 10.2 Å². The molecule has 0 spiro atoms. The summed E-state index contributed by atoms with van der Waals surface area (Å²) in [6.07, 6.45) is 0.177. The summed E-state index contributed by atoms with van der Waals surface area (Å²) < 4.78 is 0.